The van der Waals surface area contributed by atoms with Crippen molar-refractivity contribution in [1.82, 2.24) is 0 Å². The summed E-state index contributed by atoms with van der Waals surface area (Å²) >= 11 is 0. The summed E-state index contributed by atoms with van der Waals surface area (Å²) in [5.74, 6) is 0.506. The summed E-state index contributed by atoms with van der Waals surface area (Å²) in [6.45, 7) is 3.04. The van der Waals surface area contributed by atoms with E-state index in [1.165, 1.54) is 0 Å². The molecule has 2 saturated heterocycles. The number of fused-ring (bicyclic) bond motifs is 4. The van der Waals surface area contributed by atoms with Crippen LogP contribution in [0.4, 0.5) is 0 Å². The van der Waals surface area contributed by atoms with Gasteiger partial charge in [-0.15, -0.1) is 0 Å². The second-order valence-electron chi connectivity index (χ2n) is 16.9. The molecule has 0 spiro atoms. The van der Waals surface area contributed by atoms with Crippen LogP contribution in [0.5, 0.6) is 23.0 Å². The van der Waals surface area contributed by atoms with Crippen molar-refractivity contribution in [2.24, 2.45) is 0 Å². The molecule has 0 N–H and O–H groups in total. The number of epoxide rings is 2. The molecule has 68 heavy (non-hydrogen) atoms. The van der Waals surface area contributed by atoms with Gasteiger partial charge in [0.25, 0.3) is 0 Å². The highest BCUT2D eigenvalue weighted by atomic mass is 16.6. The van der Waals surface area contributed by atoms with Crippen LogP contribution in [0, 0.1) is 0 Å². The number of esters is 4. The van der Waals surface area contributed by atoms with E-state index in [2.05, 4.69) is 0 Å². The minimum Gasteiger partial charge on any atom is -0.491 e. The summed E-state index contributed by atoms with van der Waals surface area (Å²) in [6.07, 6.45) is 3.28. The van der Waals surface area contributed by atoms with Crippen molar-refractivity contribution in [3.8, 4) is 23.0 Å². The Labute approximate surface area is 391 Å². The van der Waals surface area contributed by atoms with Gasteiger partial charge in [0.05, 0.1) is 48.7 Å². The summed E-state index contributed by atoms with van der Waals surface area (Å²) in [4.78, 5) is 51.8. The minimum absolute atomic E-state index is 0.172. The first-order chi connectivity index (χ1) is 33.3. The number of carbonyl (C=O) groups excluding carboxylic acids is 4. The van der Waals surface area contributed by atoms with Crippen molar-refractivity contribution < 1.29 is 57.1 Å². The quantitative estimate of drug-likeness (QED) is 0.0329. The van der Waals surface area contributed by atoms with E-state index in [4.69, 9.17) is 37.9 Å². The van der Waals surface area contributed by atoms with Gasteiger partial charge in [-0.1, -0.05) is 48.5 Å². The van der Waals surface area contributed by atoms with Crippen molar-refractivity contribution in [2.45, 2.75) is 37.9 Å². The molecule has 0 aliphatic carbocycles. The van der Waals surface area contributed by atoms with E-state index in [0.29, 0.717) is 59.8 Å². The molecule has 0 radical (unpaired) electrons. The van der Waals surface area contributed by atoms with Crippen LogP contribution < -0.4 is 18.9 Å². The SMILES string of the molecule is O=C(OCCCCCCOC(=O)c1ccc2cc(OC(=O)c3ccc4cc(OCC5CO5)ccc4c3)ccc2c1)c1ccc2cc(OC(=O)c3ccc4cc(OCC5CO5)ccc4c3)ccc2c1. The Morgan fingerprint density at radius 3 is 1.01 bits per heavy atom. The molecule has 2 atom stereocenters. The fourth-order valence-electron chi connectivity index (χ4n) is 7.80. The maximum atomic E-state index is 13.0. The molecule has 342 valence electrons. The number of rotatable bonds is 19. The predicted octanol–water partition coefficient (Wildman–Crippen LogP) is 10.9. The van der Waals surface area contributed by atoms with Crippen LogP contribution in [0.2, 0.25) is 0 Å². The lowest BCUT2D eigenvalue weighted by Gasteiger charge is -2.09. The molecule has 2 heterocycles. The third-order valence-electron chi connectivity index (χ3n) is 11.8. The van der Waals surface area contributed by atoms with Crippen LogP contribution in [-0.4, -0.2) is 75.7 Å². The molecule has 2 unspecified atom stereocenters. The lowest BCUT2D eigenvalue weighted by Crippen LogP contribution is -2.09. The zero-order chi connectivity index (χ0) is 46.4. The lowest BCUT2D eigenvalue weighted by atomic mass is 10.1. The van der Waals surface area contributed by atoms with Crippen molar-refractivity contribution in [1.29, 1.82) is 0 Å². The van der Waals surface area contributed by atoms with Gasteiger partial charge in [0.2, 0.25) is 0 Å². The molecule has 2 aliphatic heterocycles. The Hall–Kier alpha value is -7.80. The average Bonchev–Trinajstić information content (AvgIpc) is 4.32. The van der Waals surface area contributed by atoms with Gasteiger partial charge >= 0.3 is 23.9 Å². The van der Waals surface area contributed by atoms with Crippen LogP contribution in [0.3, 0.4) is 0 Å². The normalized spacial score (nSPS) is 14.9. The first-order valence-corrected chi connectivity index (χ1v) is 22.7. The highest BCUT2D eigenvalue weighted by Crippen LogP contribution is 2.29. The van der Waals surface area contributed by atoms with Gasteiger partial charge in [0.15, 0.2) is 0 Å². The van der Waals surface area contributed by atoms with Crippen LogP contribution in [0.25, 0.3) is 43.1 Å². The van der Waals surface area contributed by atoms with Gasteiger partial charge in [-0.3, -0.25) is 0 Å². The molecule has 12 nitrogen and oxygen atoms in total. The third-order valence-corrected chi connectivity index (χ3v) is 11.8. The van der Waals surface area contributed by atoms with Crippen LogP contribution in [-0.2, 0) is 18.9 Å². The highest BCUT2D eigenvalue weighted by molar-refractivity contribution is 6.00. The topological polar surface area (TPSA) is 149 Å². The number of benzene rings is 8. The van der Waals surface area contributed by atoms with Crippen LogP contribution >= 0.6 is 0 Å². The maximum Gasteiger partial charge on any atom is 0.343 e. The van der Waals surface area contributed by atoms with E-state index >= 15 is 0 Å². The molecular formula is C56H46O12. The highest BCUT2D eigenvalue weighted by Gasteiger charge is 2.24. The third kappa shape index (κ3) is 11.1. The second kappa shape index (κ2) is 20.0. The summed E-state index contributed by atoms with van der Waals surface area (Å²) in [5, 5.41) is 6.92. The van der Waals surface area contributed by atoms with Gasteiger partial charge in [-0.2, -0.15) is 0 Å². The molecule has 0 amide bonds. The zero-order valence-electron chi connectivity index (χ0n) is 37.0. The van der Waals surface area contributed by atoms with Gasteiger partial charge in [0, 0.05) is 0 Å². The van der Waals surface area contributed by atoms with Crippen LogP contribution in [0.1, 0.15) is 67.1 Å². The number of hydrogen-bond acceptors (Lipinski definition) is 12. The summed E-state index contributed by atoms with van der Waals surface area (Å²) < 4.78 is 44.4. The van der Waals surface area contributed by atoms with E-state index in [0.717, 1.165) is 80.6 Å². The molecule has 8 aromatic rings. The van der Waals surface area contributed by atoms with E-state index in [1.807, 2.05) is 48.5 Å². The van der Waals surface area contributed by atoms with E-state index in [-0.39, 0.29) is 25.4 Å². The summed E-state index contributed by atoms with van der Waals surface area (Å²) in [5.41, 5.74) is 1.71. The number of hydrogen-bond donors (Lipinski definition) is 0. The zero-order valence-corrected chi connectivity index (χ0v) is 37.0. The largest absolute Gasteiger partial charge is 0.491 e. The molecule has 8 aromatic carbocycles. The number of ether oxygens (including phenoxy) is 8. The average molecular weight is 911 g/mol. The smallest absolute Gasteiger partial charge is 0.343 e. The first-order valence-electron chi connectivity index (χ1n) is 22.7. The van der Waals surface area contributed by atoms with Crippen molar-refractivity contribution in [2.75, 3.05) is 39.6 Å². The Morgan fingerprint density at radius 1 is 0.368 bits per heavy atom. The van der Waals surface area contributed by atoms with Crippen molar-refractivity contribution in [3.63, 3.8) is 0 Å². The molecule has 0 aromatic heterocycles. The van der Waals surface area contributed by atoms with Crippen molar-refractivity contribution >= 4 is 67.0 Å². The van der Waals surface area contributed by atoms with E-state index in [1.54, 1.807) is 97.1 Å². The predicted molar refractivity (Wildman–Crippen MR) is 255 cm³/mol. The van der Waals surface area contributed by atoms with E-state index in [9.17, 15) is 19.2 Å². The monoisotopic (exact) mass is 910 g/mol. The Bertz CT molecular complexity index is 2990. The molecule has 0 bridgehead atoms. The Kier molecular flexibility index (Phi) is 12.9. The molecule has 2 fully saturated rings. The Morgan fingerprint density at radius 2 is 0.662 bits per heavy atom. The Balaban J connectivity index is 0.625. The van der Waals surface area contributed by atoms with Gasteiger partial charge in [0.1, 0.15) is 48.4 Å². The lowest BCUT2D eigenvalue weighted by molar-refractivity contribution is 0.0474. The summed E-state index contributed by atoms with van der Waals surface area (Å²) in [6, 6.07) is 43.3. The molecule has 2 aliphatic rings. The fraction of sp³-hybridized carbons (Fsp3) is 0.214. The molecule has 10 rings (SSSR count). The van der Waals surface area contributed by atoms with Crippen LogP contribution in [0.15, 0.2) is 146 Å². The minimum atomic E-state index is -0.473. The molecule has 12 heteroatoms. The maximum absolute atomic E-state index is 13.0. The van der Waals surface area contributed by atoms with E-state index < -0.39 is 23.9 Å². The standard InChI is InChI=1S/C56H46O12/c57-53(43-9-5-41-29-49(19-15-37(41)23-43)67-55(59)45-11-7-39-27-47(17-13-35(39)25-45)63-31-51-33-65-51)61-21-3-1-2-4-22-62-54(58)44-10-6-42-30-50(20-16-38(42)24-44)68-56(60)46-12-8-40-28-48(18-14-36(40)26-46)64-32-52-34-66-52/h5-20,23-30,51-52H,1-4,21-22,31-34H2. The second-order valence-corrected chi connectivity index (χ2v) is 16.9. The summed E-state index contributed by atoms with van der Waals surface area (Å²) in [7, 11) is 0. The van der Waals surface area contributed by atoms with Gasteiger partial charge < -0.3 is 37.9 Å². The molecule has 0 saturated carbocycles. The van der Waals surface area contributed by atoms with Gasteiger partial charge in [-0.25, -0.2) is 19.2 Å². The van der Waals surface area contributed by atoms with Crippen molar-refractivity contribution in [3.05, 3.63) is 168 Å². The number of carbonyl (C=O) groups is 4. The number of unbranched alkanes of at least 4 members (excludes halogenated alkanes) is 3. The molecular weight excluding hydrogens is 865 g/mol. The van der Waals surface area contributed by atoms with Gasteiger partial charge in [-0.05, 0) is 166 Å². The first kappa shape index (κ1) is 44.1. The fourth-order valence-corrected chi connectivity index (χ4v) is 7.80.